The van der Waals surface area contributed by atoms with Crippen molar-refractivity contribution in [1.29, 1.82) is 0 Å². The van der Waals surface area contributed by atoms with Gasteiger partial charge in [-0.05, 0) is 91.6 Å². The van der Waals surface area contributed by atoms with E-state index in [1.54, 1.807) is 0 Å². The molecule has 7 heteroatoms. The fraction of sp³-hybridized carbons (Fsp3) is 0.306. The van der Waals surface area contributed by atoms with E-state index >= 15 is 0 Å². The maximum Gasteiger partial charge on any atom is 0.323 e. The second kappa shape index (κ2) is 11.2. The van der Waals surface area contributed by atoms with Gasteiger partial charge >= 0.3 is 6.03 Å². The van der Waals surface area contributed by atoms with Crippen LogP contribution in [0.25, 0.3) is 11.3 Å². The number of fused-ring (bicyclic) bond motifs is 2. The van der Waals surface area contributed by atoms with Crippen LogP contribution in [0.4, 0.5) is 4.79 Å². The molecule has 0 unspecified atom stereocenters. The van der Waals surface area contributed by atoms with Crippen molar-refractivity contribution in [2.24, 2.45) is 5.73 Å². The minimum atomic E-state index is -0.572. The van der Waals surface area contributed by atoms with Crippen LogP contribution in [0.1, 0.15) is 61.9 Å². The second-order valence-corrected chi connectivity index (χ2v) is 12.0. The maximum absolute atomic E-state index is 14.6. The number of carbonyl (C=O) groups excluding carboxylic acids is 3. The molecule has 0 aliphatic carbocycles. The van der Waals surface area contributed by atoms with Gasteiger partial charge in [0, 0.05) is 42.5 Å². The minimum Gasteiger partial charge on any atom is -0.351 e. The summed E-state index contributed by atoms with van der Waals surface area (Å²) in [5, 5.41) is 0. The third kappa shape index (κ3) is 5.13. The Labute approximate surface area is 252 Å². The number of aromatic nitrogens is 1. The molecule has 1 aromatic heterocycles. The smallest absolute Gasteiger partial charge is 0.323 e. The Morgan fingerprint density at radius 2 is 1.53 bits per heavy atom. The van der Waals surface area contributed by atoms with Gasteiger partial charge in [0.15, 0.2) is 0 Å². The number of primary amides is 1. The van der Waals surface area contributed by atoms with Gasteiger partial charge in [0.25, 0.3) is 5.91 Å². The minimum absolute atomic E-state index is 0.00252. The van der Waals surface area contributed by atoms with E-state index < -0.39 is 6.03 Å². The molecular weight excluding hydrogens is 536 g/mol. The summed E-state index contributed by atoms with van der Waals surface area (Å²) in [6.07, 6.45) is 1.78. The summed E-state index contributed by atoms with van der Waals surface area (Å²) in [5.74, 6) is -0.0146. The van der Waals surface area contributed by atoms with Crippen LogP contribution in [0.3, 0.4) is 0 Å². The Kier molecular flexibility index (Phi) is 7.42. The fourth-order valence-electron chi connectivity index (χ4n) is 6.73. The lowest BCUT2D eigenvalue weighted by molar-refractivity contribution is -0.131. The lowest BCUT2D eigenvalue weighted by Crippen LogP contribution is -2.43. The van der Waals surface area contributed by atoms with Crippen molar-refractivity contribution in [3.05, 3.63) is 117 Å². The summed E-state index contributed by atoms with van der Waals surface area (Å²) in [6.45, 7) is 9.48. The van der Waals surface area contributed by atoms with E-state index in [1.165, 1.54) is 10.1 Å². The highest BCUT2D eigenvalue weighted by atomic mass is 16.2. The summed E-state index contributed by atoms with van der Waals surface area (Å²) in [4.78, 5) is 44.4. The predicted octanol–water partition coefficient (Wildman–Crippen LogP) is 5.72. The van der Waals surface area contributed by atoms with Gasteiger partial charge in [0.05, 0.1) is 12.1 Å². The van der Waals surface area contributed by atoms with Crippen LogP contribution in [0, 0.1) is 20.8 Å². The molecule has 220 valence electrons. The van der Waals surface area contributed by atoms with E-state index in [2.05, 4.69) is 25.1 Å². The number of carbonyl (C=O) groups is 3. The Balaban J connectivity index is 1.44. The highest BCUT2D eigenvalue weighted by molar-refractivity contribution is 6.03. The van der Waals surface area contributed by atoms with Gasteiger partial charge in [-0.1, -0.05) is 54.6 Å². The molecule has 0 fully saturated rings. The Morgan fingerprint density at radius 3 is 2.26 bits per heavy atom. The molecule has 3 aromatic carbocycles. The molecule has 0 saturated carbocycles. The highest BCUT2D eigenvalue weighted by Gasteiger charge is 2.33. The zero-order chi connectivity index (χ0) is 30.4. The quantitative estimate of drug-likeness (QED) is 0.338. The van der Waals surface area contributed by atoms with Crippen molar-refractivity contribution in [2.45, 2.75) is 66.1 Å². The van der Waals surface area contributed by atoms with Crippen molar-refractivity contribution >= 4 is 17.8 Å². The van der Waals surface area contributed by atoms with E-state index in [0.717, 1.165) is 45.5 Å². The molecule has 0 spiro atoms. The van der Waals surface area contributed by atoms with Gasteiger partial charge in [0.1, 0.15) is 0 Å². The van der Waals surface area contributed by atoms with E-state index in [-0.39, 0.29) is 17.9 Å². The lowest BCUT2D eigenvalue weighted by Gasteiger charge is -2.36. The molecule has 0 bridgehead atoms. The summed E-state index contributed by atoms with van der Waals surface area (Å²) in [6, 6.07) is 21.5. The van der Waals surface area contributed by atoms with Crippen LogP contribution < -0.4 is 5.73 Å². The number of hydrogen-bond acceptors (Lipinski definition) is 3. The van der Waals surface area contributed by atoms with Crippen molar-refractivity contribution < 1.29 is 14.4 Å². The van der Waals surface area contributed by atoms with Crippen molar-refractivity contribution in [3.8, 4) is 11.3 Å². The van der Waals surface area contributed by atoms with Crippen LogP contribution in [0.5, 0.6) is 0 Å². The monoisotopic (exact) mass is 574 g/mol. The molecule has 43 heavy (non-hydrogen) atoms. The lowest BCUT2D eigenvalue weighted by atomic mass is 9.89. The zero-order valence-electron chi connectivity index (χ0n) is 25.3. The Morgan fingerprint density at radius 1 is 0.837 bits per heavy atom. The zero-order valence-corrected chi connectivity index (χ0v) is 25.3. The SMILES string of the molecule is Cc1c(C)c(-c2cc3c(cc2C(=O)N2Cc4ccccc4C[C@H]2C)CN(C(=O)Cc2ccccc2)CC3)n(C(N)=O)c1C. The first-order valence-electron chi connectivity index (χ1n) is 15.0. The van der Waals surface area contributed by atoms with Crippen molar-refractivity contribution in [1.82, 2.24) is 14.4 Å². The Bertz CT molecular complexity index is 1750. The highest BCUT2D eigenvalue weighted by Crippen LogP contribution is 2.37. The predicted molar refractivity (Wildman–Crippen MR) is 168 cm³/mol. The Hall–Kier alpha value is -4.65. The normalized spacial score (nSPS) is 16.0. The van der Waals surface area contributed by atoms with Crippen molar-refractivity contribution in [3.63, 3.8) is 0 Å². The number of rotatable bonds is 4. The number of amides is 3. The average Bonchev–Trinajstić information content (AvgIpc) is 3.23. The second-order valence-electron chi connectivity index (χ2n) is 12.0. The molecule has 3 heterocycles. The number of benzene rings is 3. The van der Waals surface area contributed by atoms with Gasteiger partial charge in [-0.25, -0.2) is 4.79 Å². The molecule has 6 rings (SSSR count). The molecule has 2 aliphatic rings. The molecule has 1 atom stereocenters. The molecule has 0 radical (unpaired) electrons. The molecular formula is C36H38N4O3. The fourth-order valence-corrected chi connectivity index (χ4v) is 6.73. The molecule has 7 nitrogen and oxygen atoms in total. The van der Waals surface area contributed by atoms with Gasteiger partial charge in [0.2, 0.25) is 5.91 Å². The maximum atomic E-state index is 14.6. The van der Waals surface area contributed by atoms with Gasteiger partial charge in [-0.15, -0.1) is 0 Å². The van der Waals surface area contributed by atoms with E-state index in [1.807, 2.05) is 79.1 Å². The van der Waals surface area contributed by atoms with Crippen molar-refractivity contribution in [2.75, 3.05) is 6.54 Å². The third-order valence-electron chi connectivity index (χ3n) is 9.40. The molecule has 4 aromatic rings. The molecule has 2 aliphatic heterocycles. The number of nitrogens with zero attached hydrogens (tertiary/aromatic N) is 3. The van der Waals surface area contributed by atoms with Crippen LogP contribution >= 0.6 is 0 Å². The molecule has 0 saturated heterocycles. The first-order valence-corrected chi connectivity index (χ1v) is 15.0. The largest absolute Gasteiger partial charge is 0.351 e. The summed E-state index contributed by atoms with van der Waals surface area (Å²) in [5.41, 5.74) is 16.0. The van der Waals surface area contributed by atoms with Gasteiger partial charge in [-0.3, -0.25) is 14.2 Å². The number of nitrogens with two attached hydrogens (primary N) is 1. The van der Waals surface area contributed by atoms with E-state index in [4.69, 9.17) is 5.73 Å². The number of hydrogen-bond donors (Lipinski definition) is 1. The van der Waals surface area contributed by atoms with Gasteiger partial charge in [-0.2, -0.15) is 0 Å². The standard InChI is InChI=1S/C36H38N4O3/c1-22-16-27-12-8-9-13-29(27)21-39(22)35(42)32-19-30-20-38(33(41)17-26-10-6-5-7-11-26)15-14-28(30)18-31(32)34-24(3)23(2)25(4)40(34)36(37)43/h5-13,18-19,22H,14-17,20-21H2,1-4H3,(H2,37,43)/t22-/m1/s1. The molecule has 2 N–H and O–H groups in total. The molecule has 3 amide bonds. The first kappa shape index (κ1) is 28.5. The summed E-state index contributed by atoms with van der Waals surface area (Å²) < 4.78 is 1.54. The third-order valence-corrected chi connectivity index (χ3v) is 9.40. The summed E-state index contributed by atoms with van der Waals surface area (Å²) >= 11 is 0. The van der Waals surface area contributed by atoms with Crippen LogP contribution in [0.2, 0.25) is 0 Å². The van der Waals surface area contributed by atoms with Crippen LogP contribution in [-0.4, -0.2) is 44.8 Å². The average molecular weight is 575 g/mol. The topological polar surface area (TPSA) is 88.6 Å². The van der Waals surface area contributed by atoms with Crippen LogP contribution in [0.15, 0.2) is 66.7 Å². The van der Waals surface area contributed by atoms with E-state index in [0.29, 0.717) is 49.3 Å². The van der Waals surface area contributed by atoms with E-state index in [9.17, 15) is 14.4 Å². The summed E-state index contributed by atoms with van der Waals surface area (Å²) in [7, 11) is 0. The van der Waals surface area contributed by atoms with Crippen LogP contribution in [-0.2, 0) is 37.1 Å². The van der Waals surface area contributed by atoms with Gasteiger partial charge < -0.3 is 15.5 Å². The first-order chi connectivity index (χ1) is 20.6.